The van der Waals surface area contributed by atoms with Gasteiger partial charge in [-0.05, 0) is 0 Å². The van der Waals surface area contributed by atoms with Crippen molar-refractivity contribution in [3.8, 4) is 0 Å². The molecule has 0 aliphatic heterocycles. The Bertz CT molecular complexity index is 93.1. The summed E-state index contributed by atoms with van der Waals surface area (Å²) in [5, 5.41) is 16.0. The Kier molecular flexibility index (Phi) is 1.63. The normalized spacial score (nSPS) is 10.6. The van der Waals surface area contributed by atoms with Gasteiger partial charge in [0.15, 0.2) is 5.60 Å². The quantitative estimate of drug-likeness (QED) is 0.284. The molecule has 0 bridgehead atoms. The molecule has 1 N–H and O–H groups in total. The van der Waals surface area contributed by atoms with Gasteiger partial charge in [0.25, 0.3) is 0 Å². The molecular formula is C5H7NO2. The van der Waals surface area contributed by atoms with Crippen LogP contribution in [0.15, 0.2) is 0 Å². The zero-order chi connectivity index (χ0) is 6.78. The first-order valence-corrected chi connectivity index (χ1v) is 1.92. The molecule has 0 aromatic rings. The molecule has 44 valence electrons. The smallest absolute Gasteiger partial charge is 0.177 e. The summed E-state index contributed by atoms with van der Waals surface area (Å²) in [6.45, 7) is 9.68. The molecule has 0 spiro atoms. The summed E-state index contributed by atoms with van der Waals surface area (Å²) in [5.74, 6) is 0. The van der Waals surface area contributed by atoms with E-state index in [1.807, 2.05) is 0 Å². The van der Waals surface area contributed by atoms with Gasteiger partial charge in [0.1, 0.15) is 6.08 Å². The zero-order valence-electron chi connectivity index (χ0n) is 4.44. The molecule has 3 heteroatoms. The molecule has 0 aliphatic rings. The van der Waals surface area contributed by atoms with Gasteiger partial charge in [0.2, 0.25) is 0 Å². The molecule has 0 amide bonds. The molecule has 0 heterocycles. The van der Waals surface area contributed by atoms with Gasteiger partial charge in [0, 0.05) is 0 Å². The second-order valence-corrected chi connectivity index (χ2v) is 1.57. The maximum absolute atomic E-state index is 9.78. The molecule has 0 aromatic carbocycles. The van der Waals surface area contributed by atoms with E-state index in [-0.39, 0.29) is 0 Å². The number of rotatable bonds is 1. The van der Waals surface area contributed by atoms with Gasteiger partial charge in [-0.15, -0.1) is 0 Å². The van der Waals surface area contributed by atoms with Crippen LogP contribution in [-0.2, 0) is 4.74 Å². The van der Waals surface area contributed by atoms with Gasteiger partial charge in [-0.3, -0.25) is 5.41 Å². The second-order valence-electron chi connectivity index (χ2n) is 1.57. The highest BCUT2D eigenvalue weighted by Gasteiger charge is 2.11. The Morgan fingerprint density at radius 3 is 2.12 bits per heavy atom. The maximum atomic E-state index is 9.78. The van der Waals surface area contributed by atoms with E-state index >= 15 is 0 Å². The van der Waals surface area contributed by atoms with Crippen LogP contribution in [0.4, 0.5) is 0 Å². The lowest BCUT2D eigenvalue weighted by atomic mass is 10.2. The van der Waals surface area contributed by atoms with Crippen LogP contribution in [0.5, 0.6) is 0 Å². The third-order valence-corrected chi connectivity index (χ3v) is 0.309. The van der Waals surface area contributed by atoms with Gasteiger partial charge >= 0.3 is 0 Å². The summed E-state index contributed by atoms with van der Waals surface area (Å²) in [6, 6.07) is 0. The number of nitrogens with one attached hydrogen (secondary N) is 1. The Hall–Kier alpha value is -0.990. The van der Waals surface area contributed by atoms with Crippen LogP contribution in [0.2, 0.25) is 0 Å². The lowest BCUT2D eigenvalue weighted by molar-refractivity contribution is -0.257. The van der Waals surface area contributed by atoms with Crippen LogP contribution in [0.25, 0.3) is 0 Å². The molecule has 3 nitrogen and oxygen atoms in total. The van der Waals surface area contributed by atoms with Crippen LogP contribution < -0.4 is 5.11 Å². The van der Waals surface area contributed by atoms with Crippen molar-refractivity contribution in [2.75, 3.05) is 0 Å². The molecule has 0 fully saturated rings. The van der Waals surface area contributed by atoms with E-state index < -0.39 is 11.7 Å². The Labute approximate surface area is 48.8 Å². The third-order valence-electron chi connectivity index (χ3n) is 0.309. The summed E-state index contributed by atoms with van der Waals surface area (Å²) in [6.07, 6.45) is -1.16. The van der Waals surface area contributed by atoms with Crippen LogP contribution in [0, 0.1) is 26.2 Å². The van der Waals surface area contributed by atoms with E-state index in [0.717, 1.165) is 0 Å². The van der Waals surface area contributed by atoms with Crippen molar-refractivity contribution in [2.45, 2.75) is 5.60 Å². The van der Waals surface area contributed by atoms with E-state index in [4.69, 9.17) is 5.41 Å². The number of ether oxygens (including phenoxy) is 1. The van der Waals surface area contributed by atoms with Crippen molar-refractivity contribution in [1.82, 2.24) is 0 Å². The van der Waals surface area contributed by atoms with Crippen LogP contribution >= 0.6 is 0 Å². The standard InChI is InChI=1S/C5H7NO2/c1-5(2,3)8-4(6)7/h1-3H2,(H-,6,7). The summed E-state index contributed by atoms with van der Waals surface area (Å²) in [7, 11) is 0. The van der Waals surface area contributed by atoms with Crippen LogP contribution in [-0.4, -0.2) is 11.7 Å². The van der Waals surface area contributed by atoms with E-state index in [2.05, 4.69) is 25.5 Å². The fourth-order valence-corrected chi connectivity index (χ4v) is 0.197. The first-order chi connectivity index (χ1) is 3.42. The fraction of sp³-hybridized carbons (Fsp3) is 0.200. The molecule has 0 radical (unpaired) electrons. The Morgan fingerprint density at radius 1 is 1.75 bits per heavy atom. The Morgan fingerprint density at radius 2 is 2.12 bits per heavy atom. The van der Waals surface area contributed by atoms with Crippen LogP contribution in [0.1, 0.15) is 0 Å². The van der Waals surface area contributed by atoms with Gasteiger partial charge < -0.3 is 9.84 Å². The topological polar surface area (TPSA) is 56.1 Å². The minimum absolute atomic E-state index is 1.16. The summed E-state index contributed by atoms with van der Waals surface area (Å²) < 4.78 is 4.13. The summed E-state index contributed by atoms with van der Waals surface area (Å²) in [4.78, 5) is 0. The van der Waals surface area contributed by atoms with Crippen molar-refractivity contribution >= 4 is 6.08 Å². The first kappa shape index (κ1) is 7.01. The maximum Gasteiger partial charge on any atom is 0.177 e. The first-order valence-electron chi connectivity index (χ1n) is 1.92. The molecule has 8 heavy (non-hydrogen) atoms. The van der Waals surface area contributed by atoms with Gasteiger partial charge in [0.05, 0.1) is 13.8 Å². The summed E-state index contributed by atoms with van der Waals surface area (Å²) in [5.41, 5.74) is -1.27. The average molecular weight is 113 g/mol. The van der Waals surface area contributed by atoms with Gasteiger partial charge in [-0.1, -0.05) is 0 Å². The average Bonchev–Trinajstić information content (AvgIpc) is 1.21. The highest BCUT2D eigenvalue weighted by atomic mass is 16.6. The number of hydrogen-bond donors (Lipinski definition) is 1. The molecule has 0 atom stereocenters. The van der Waals surface area contributed by atoms with Crippen LogP contribution in [0.3, 0.4) is 0 Å². The highest BCUT2D eigenvalue weighted by Crippen LogP contribution is 2.02. The number of hydrogen-bond acceptors (Lipinski definition) is 3. The lowest BCUT2D eigenvalue weighted by Crippen LogP contribution is -2.31. The zero-order valence-corrected chi connectivity index (χ0v) is 4.44. The molecule has 0 saturated heterocycles. The second kappa shape index (κ2) is 1.86. The van der Waals surface area contributed by atoms with E-state index in [1.54, 1.807) is 0 Å². The van der Waals surface area contributed by atoms with Gasteiger partial charge in [-0.2, -0.15) is 0 Å². The lowest BCUT2D eigenvalue weighted by Gasteiger charge is -2.21. The third kappa shape index (κ3) is 5.01. The van der Waals surface area contributed by atoms with Crippen molar-refractivity contribution in [3.05, 3.63) is 20.8 Å². The van der Waals surface area contributed by atoms with Crippen molar-refractivity contribution in [1.29, 1.82) is 5.41 Å². The minimum atomic E-state index is -1.27. The molecule has 0 saturated carbocycles. The molecule has 0 aliphatic carbocycles. The molecule has 0 rings (SSSR count). The van der Waals surface area contributed by atoms with E-state index in [1.165, 1.54) is 0 Å². The monoisotopic (exact) mass is 113 g/mol. The predicted molar refractivity (Wildman–Crippen MR) is 27.6 cm³/mol. The highest BCUT2D eigenvalue weighted by molar-refractivity contribution is 5.58. The Balaban J connectivity index is 3.55. The largest absolute Gasteiger partial charge is 0.547 e. The van der Waals surface area contributed by atoms with E-state index in [9.17, 15) is 5.11 Å². The van der Waals surface area contributed by atoms with E-state index in [0.29, 0.717) is 0 Å². The molecule has 0 aromatic heterocycles. The predicted octanol–water partition coefficient (Wildman–Crippen LogP) is -0.461. The van der Waals surface area contributed by atoms with Gasteiger partial charge in [-0.25, -0.2) is 6.92 Å². The minimum Gasteiger partial charge on any atom is -0.547 e. The van der Waals surface area contributed by atoms with Crippen molar-refractivity contribution in [2.24, 2.45) is 0 Å². The van der Waals surface area contributed by atoms with Crippen molar-refractivity contribution < 1.29 is 9.84 Å². The fourth-order valence-electron chi connectivity index (χ4n) is 0.197. The molecule has 0 unspecified atom stereocenters. The van der Waals surface area contributed by atoms with Crippen molar-refractivity contribution in [3.63, 3.8) is 0 Å². The molecular weight excluding hydrogens is 106 g/mol. The SMILES string of the molecule is [CH2+]C([CH2+])([CH2-])OC(=N)[O-]. The summed E-state index contributed by atoms with van der Waals surface area (Å²) >= 11 is 0.